The largest absolute Gasteiger partial charge is 0.426 e. The summed E-state index contributed by atoms with van der Waals surface area (Å²) >= 11 is 0. The van der Waals surface area contributed by atoms with Crippen LogP contribution in [-0.2, 0) is 4.79 Å². The van der Waals surface area contributed by atoms with Crippen molar-refractivity contribution >= 4 is 17.9 Å². The van der Waals surface area contributed by atoms with Gasteiger partial charge in [-0.2, -0.15) is 0 Å². The zero-order valence-electron chi connectivity index (χ0n) is 37.2. The highest BCUT2D eigenvalue weighted by atomic mass is 19.2. The molecule has 2 aliphatic rings. The first-order valence-corrected chi connectivity index (χ1v) is 22.2. The van der Waals surface area contributed by atoms with E-state index in [1.54, 1.807) is 36.4 Å². The number of esters is 3. The van der Waals surface area contributed by atoms with Crippen LogP contribution in [0.1, 0.15) is 114 Å². The van der Waals surface area contributed by atoms with Gasteiger partial charge in [0.05, 0.1) is 17.0 Å². The smallest absolute Gasteiger partial charge is 0.343 e. The van der Waals surface area contributed by atoms with Gasteiger partial charge in [0.25, 0.3) is 0 Å². The molecule has 340 valence electrons. The lowest BCUT2D eigenvalue weighted by Gasteiger charge is -2.26. The van der Waals surface area contributed by atoms with Gasteiger partial charge in [-0.3, -0.25) is 4.79 Å². The van der Waals surface area contributed by atoms with E-state index in [-0.39, 0.29) is 29.2 Å². The number of carbonyl (C=O) groups is 3. The van der Waals surface area contributed by atoms with Crippen LogP contribution < -0.4 is 14.2 Å². The number of rotatable bonds is 7. The predicted molar refractivity (Wildman–Crippen MR) is 246 cm³/mol. The minimum Gasteiger partial charge on any atom is -0.426 e. The van der Waals surface area contributed by atoms with Crippen LogP contribution in [0.3, 0.4) is 0 Å². The fourth-order valence-corrected chi connectivity index (χ4v) is 7.53. The lowest BCUT2D eigenvalue weighted by Crippen LogP contribution is -2.24. The second-order valence-electron chi connectivity index (χ2n) is 16.9. The van der Waals surface area contributed by atoms with Crippen molar-refractivity contribution in [2.75, 3.05) is 0 Å². The minimum absolute atomic E-state index is 0.00996. The summed E-state index contributed by atoms with van der Waals surface area (Å²) in [6.07, 6.45) is 8.67. The molecule has 0 spiro atoms. The Balaban J connectivity index is 0.000000168. The van der Waals surface area contributed by atoms with Gasteiger partial charge in [0.15, 0.2) is 11.6 Å². The number of benzene rings is 6. The van der Waals surface area contributed by atoms with E-state index in [0.717, 1.165) is 54.9 Å². The molecule has 2 saturated carbocycles. The third-order valence-corrected chi connectivity index (χ3v) is 11.7. The minimum atomic E-state index is -1.04. The molecule has 0 saturated heterocycles. The summed E-state index contributed by atoms with van der Waals surface area (Å²) in [7, 11) is 0. The van der Waals surface area contributed by atoms with Gasteiger partial charge in [0.1, 0.15) is 28.9 Å². The van der Waals surface area contributed by atoms with Gasteiger partial charge in [-0.05, 0) is 178 Å². The van der Waals surface area contributed by atoms with Crippen molar-refractivity contribution in [1.29, 1.82) is 0 Å². The Labute approximate surface area is 384 Å². The van der Waals surface area contributed by atoms with E-state index in [0.29, 0.717) is 28.7 Å². The average molecular weight is 897 g/mol. The van der Waals surface area contributed by atoms with E-state index in [4.69, 9.17) is 14.2 Å². The summed E-state index contributed by atoms with van der Waals surface area (Å²) in [4.78, 5) is 36.4. The molecule has 2 aliphatic carbocycles. The molecule has 0 bridgehead atoms. The van der Waals surface area contributed by atoms with Crippen molar-refractivity contribution in [1.82, 2.24) is 0 Å². The molecule has 0 amide bonds. The zero-order chi connectivity index (χ0) is 47.0. The van der Waals surface area contributed by atoms with Crippen molar-refractivity contribution in [3.63, 3.8) is 0 Å². The molecule has 0 aromatic heterocycles. The first-order chi connectivity index (χ1) is 31.8. The standard InChI is InChI=1S/C21H21FO4.C20H20F2O2.C15H11F/c1-14-2-4-15(5-3-14)20(23)25-18-10-6-16(7-11-18)21(24)26-19-12-8-17(22)9-13-19;1-13-2-4-14(5-3-13)15-6-8-16(9-7-15)20(23)24-17-10-11-18(21)19(22)12-17;1-12-2-4-13(5-3-12)6-7-14-8-10-15(16)11-9-14/h6-15H,2-5H2,1H3;6-14H,2-5H2,1H3;2-5,8-11H,1H3. The maximum atomic E-state index is 13.2. The first-order valence-electron chi connectivity index (χ1n) is 22.2. The third kappa shape index (κ3) is 15.1. The van der Waals surface area contributed by atoms with Gasteiger partial charge in [0.2, 0.25) is 0 Å². The van der Waals surface area contributed by atoms with Crippen molar-refractivity contribution in [2.24, 2.45) is 17.8 Å². The molecule has 0 heterocycles. The average Bonchev–Trinajstić information content (AvgIpc) is 3.32. The third-order valence-electron chi connectivity index (χ3n) is 11.7. The predicted octanol–water partition coefficient (Wildman–Crippen LogP) is 13.8. The Hall–Kier alpha value is -6.99. The fourth-order valence-electron chi connectivity index (χ4n) is 7.53. The highest BCUT2D eigenvalue weighted by Crippen LogP contribution is 2.35. The lowest BCUT2D eigenvalue weighted by molar-refractivity contribution is -0.140. The van der Waals surface area contributed by atoms with Crippen LogP contribution in [0.25, 0.3) is 0 Å². The van der Waals surface area contributed by atoms with E-state index in [1.807, 2.05) is 43.3 Å². The molecule has 0 unspecified atom stereocenters. The summed E-state index contributed by atoms with van der Waals surface area (Å²) in [5, 5.41) is 0. The zero-order valence-corrected chi connectivity index (χ0v) is 37.2. The Kier molecular flexibility index (Phi) is 17.5. The van der Waals surface area contributed by atoms with Crippen LogP contribution >= 0.6 is 0 Å². The second kappa shape index (κ2) is 23.8. The Morgan fingerprint density at radius 3 is 1.42 bits per heavy atom. The summed E-state index contributed by atoms with van der Waals surface area (Å²) in [6.45, 7) is 6.52. The molecule has 6 aromatic carbocycles. The monoisotopic (exact) mass is 896 g/mol. The number of hydrogen-bond donors (Lipinski definition) is 0. The number of carbonyl (C=O) groups excluding carboxylic acids is 3. The molecular formula is C56H52F4O6. The van der Waals surface area contributed by atoms with E-state index >= 15 is 0 Å². The summed E-state index contributed by atoms with van der Waals surface area (Å²) in [5.41, 5.74) is 4.96. The van der Waals surface area contributed by atoms with Crippen molar-refractivity contribution in [2.45, 2.75) is 78.1 Å². The fraction of sp³-hybridized carbons (Fsp3) is 0.268. The van der Waals surface area contributed by atoms with Gasteiger partial charge in [-0.25, -0.2) is 27.2 Å². The molecule has 66 heavy (non-hydrogen) atoms. The number of hydrogen-bond acceptors (Lipinski definition) is 6. The molecule has 0 radical (unpaired) electrons. The van der Waals surface area contributed by atoms with Gasteiger partial charge in [-0.15, -0.1) is 0 Å². The van der Waals surface area contributed by atoms with Gasteiger partial charge >= 0.3 is 17.9 Å². The molecule has 0 N–H and O–H groups in total. The van der Waals surface area contributed by atoms with Crippen LogP contribution in [-0.4, -0.2) is 17.9 Å². The lowest BCUT2D eigenvalue weighted by atomic mass is 9.79. The number of halogens is 4. The number of ether oxygens (including phenoxy) is 3. The summed E-state index contributed by atoms with van der Waals surface area (Å²) in [6, 6.07) is 36.0. The maximum absolute atomic E-state index is 13.2. The molecule has 8 rings (SSSR count). The van der Waals surface area contributed by atoms with Crippen LogP contribution in [0.2, 0.25) is 0 Å². The van der Waals surface area contributed by atoms with E-state index in [2.05, 4.69) is 25.7 Å². The molecule has 0 aliphatic heterocycles. The Morgan fingerprint density at radius 2 is 0.894 bits per heavy atom. The van der Waals surface area contributed by atoms with Crippen LogP contribution in [0, 0.1) is 59.8 Å². The van der Waals surface area contributed by atoms with E-state index in [9.17, 15) is 31.9 Å². The second-order valence-corrected chi connectivity index (χ2v) is 16.9. The summed E-state index contributed by atoms with van der Waals surface area (Å²) in [5.74, 6) is 4.67. The Morgan fingerprint density at radius 1 is 0.470 bits per heavy atom. The molecular weight excluding hydrogens is 845 g/mol. The van der Waals surface area contributed by atoms with Gasteiger partial charge in [0, 0.05) is 17.2 Å². The van der Waals surface area contributed by atoms with E-state index in [1.165, 1.54) is 91.4 Å². The molecule has 6 nitrogen and oxygen atoms in total. The van der Waals surface area contributed by atoms with E-state index < -0.39 is 29.4 Å². The highest BCUT2D eigenvalue weighted by Gasteiger charge is 2.26. The highest BCUT2D eigenvalue weighted by molar-refractivity contribution is 5.91. The topological polar surface area (TPSA) is 78.9 Å². The molecule has 6 aromatic rings. The number of aryl methyl sites for hydroxylation is 1. The van der Waals surface area contributed by atoms with Crippen molar-refractivity contribution in [3.05, 3.63) is 196 Å². The summed E-state index contributed by atoms with van der Waals surface area (Å²) < 4.78 is 67.2. The van der Waals surface area contributed by atoms with Crippen molar-refractivity contribution in [3.8, 4) is 29.1 Å². The quantitative estimate of drug-likeness (QED) is 0.0687. The van der Waals surface area contributed by atoms with Crippen LogP contribution in [0.5, 0.6) is 17.2 Å². The van der Waals surface area contributed by atoms with Gasteiger partial charge in [-0.1, -0.05) is 68.4 Å². The SMILES string of the molecule is CC1CCC(C(=O)Oc2ccc(C(=O)Oc3ccc(F)cc3)cc2)CC1.CC1CCC(c2ccc(C(=O)Oc3ccc(F)c(F)c3)cc2)CC1.Cc1ccc(C#Cc2ccc(F)cc2)cc1. The first kappa shape index (κ1) is 48.5. The molecule has 10 heteroatoms. The molecule has 2 fully saturated rings. The normalized spacial score (nSPS) is 17.5. The van der Waals surface area contributed by atoms with Crippen molar-refractivity contribution < 1.29 is 46.2 Å². The van der Waals surface area contributed by atoms with Crippen LogP contribution in [0.15, 0.2) is 140 Å². The maximum Gasteiger partial charge on any atom is 0.343 e. The molecule has 0 atom stereocenters. The van der Waals surface area contributed by atoms with Crippen LogP contribution in [0.4, 0.5) is 17.6 Å². The van der Waals surface area contributed by atoms with Gasteiger partial charge < -0.3 is 14.2 Å². The Bertz CT molecular complexity index is 2530.